The standard InChI is InChI=1S/C28H29N3O3/c1-19-14-16-25(34-4)24(18-19)31-27(29-23-13-9-8-12-22(23)28(31)33)20(2)30(3)26(32)17-15-21-10-6-5-7-11-21/h5-14,16,18,20H,15,17H2,1-4H3. The van der Waals surface area contributed by atoms with Crippen LogP contribution < -0.4 is 10.3 Å². The molecule has 0 aliphatic rings. The van der Waals surface area contributed by atoms with Crippen LogP contribution in [-0.2, 0) is 11.2 Å². The van der Waals surface area contributed by atoms with E-state index in [2.05, 4.69) is 0 Å². The van der Waals surface area contributed by atoms with Crippen molar-refractivity contribution in [1.82, 2.24) is 14.5 Å². The number of hydrogen-bond acceptors (Lipinski definition) is 4. The summed E-state index contributed by atoms with van der Waals surface area (Å²) in [4.78, 5) is 33.3. The number of aryl methyl sites for hydroxylation is 2. The number of carbonyl (C=O) groups is 1. The minimum atomic E-state index is -0.439. The predicted octanol–water partition coefficient (Wildman–Crippen LogP) is 4.85. The van der Waals surface area contributed by atoms with E-state index < -0.39 is 6.04 Å². The molecule has 0 N–H and O–H groups in total. The lowest BCUT2D eigenvalue weighted by atomic mass is 10.1. The second-order valence-electron chi connectivity index (χ2n) is 8.47. The Hall–Kier alpha value is -3.93. The van der Waals surface area contributed by atoms with E-state index >= 15 is 0 Å². The van der Waals surface area contributed by atoms with Gasteiger partial charge in [0.1, 0.15) is 11.6 Å². The number of amides is 1. The lowest BCUT2D eigenvalue weighted by molar-refractivity contribution is -0.131. The maximum Gasteiger partial charge on any atom is 0.266 e. The summed E-state index contributed by atoms with van der Waals surface area (Å²) in [5.74, 6) is 1.04. The van der Waals surface area contributed by atoms with Gasteiger partial charge in [0.05, 0.1) is 29.7 Å². The molecule has 3 aromatic carbocycles. The summed E-state index contributed by atoms with van der Waals surface area (Å²) < 4.78 is 7.17. The number of aromatic nitrogens is 2. The Labute approximate surface area is 199 Å². The molecule has 0 aliphatic carbocycles. The zero-order valence-corrected chi connectivity index (χ0v) is 20.0. The van der Waals surface area contributed by atoms with Crippen molar-refractivity contribution in [2.45, 2.75) is 32.7 Å². The second-order valence-corrected chi connectivity index (χ2v) is 8.47. The van der Waals surface area contributed by atoms with Gasteiger partial charge in [0.25, 0.3) is 5.56 Å². The molecule has 1 aromatic heterocycles. The first-order valence-electron chi connectivity index (χ1n) is 11.4. The number of rotatable bonds is 7. The molecule has 6 nitrogen and oxygen atoms in total. The molecule has 0 saturated heterocycles. The Kier molecular flexibility index (Phi) is 6.77. The fourth-order valence-corrected chi connectivity index (χ4v) is 4.10. The second kappa shape index (κ2) is 9.91. The van der Waals surface area contributed by atoms with Crippen molar-refractivity contribution in [2.75, 3.05) is 14.2 Å². The number of carbonyl (C=O) groups excluding carboxylic acids is 1. The quantitative estimate of drug-likeness (QED) is 0.399. The van der Waals surface area contributed by atoms with Gasteiger partial charge in [-0.05, 0) is 55.7 Å². The summed E-state index contributed by atoms with van der Waals surface area (Å²) in [7, 11) is 3.34. The number of nitrogens with zero attached hydrogens (tertiary/aromatic N) is 3. The van der Waals surface area contributed by atoms with Crippen molar-refractivity contribution >= 4 is 16.8 Å². The number of hydrogen-bond donors (Lipinski definition) is 0. The molecule has 0 aliphatic heterocycles. The Bertz CT molecular complexity index is 1380. The highest BCUT2D eigenvalue weighted by molar-refractivity contribution is 5.79. The lowest BCUT2D eigenvalue weighted by Gasteiger charge is -2.27. The summed E-state index contributed by atoms with van der Waals surface area (Å²) in [5.41, 5.74) is 3.12. The largest absolute Gasteiger partial charge is 0.495 e. The third kappa shape index (κ3) is 4.57. The fraction of sp³-hybridized carbons (Fsp3) is 0.250. The Morgan fingerprint density at radius 2 is 1.76 bits per heavy atom. The van der Waals surface area contributed by atoms with Gasteiger partial charge in [0.15, 0.2) is 0 Å². The van der Waals surface area contributed by atoms with Crippen LogP contribution in [0.4, 0.5) is 0 Å². The molecule has 0 bridgehead atoms. The van der Waals surface area contributed by atoms with E-state index in [1.165, 1.54) is 0 Å². The van der Waals surface area contributed by atoms with Crippen molar-refractivity contribution < 1.29 is 9.53 Å². The van der Waals surface area contributed by atoms with Gasteiger partial charge in [-0.3, -0.25) is 14.2 Å². The van der Waals surface area contributed by atoms with Gasteiger partial charge in [-0.2, -0.15) is 0 Å². The molecule has 6 heteroatoms. The summed E-state index contributed by atoms with van der Waals surface area (Å²) in [6.07, 6.45) is 1.02. The summed E-state index contributed by atoms with van der Waals surface area (Å²) in [6.45, 7) is 3.86. The van der Waals surface area contributed by atoms with Crippen LogP contribution in [0.3, 0.4) is 0 Å². The number of fused-ring (bicyclic) bond motifs is 1. The van der Waals surface area contributed by atoms with E-state index in [-0.39, 0.29) is 11.5 Å². The SMILES string of the molecule is COc1ccc(C)cc1-n1c(C(C)N(C)C(=O)CCc2ccccc2)nc2ccccc2c1=O. The molecular weight excluding hydrogens is 426 g/mol. The monoisotopic (exact) mass is 455 g/mol. The van der Waals surface area contributed by atoms with Crippen LogP contribution in [0.25, 0.3) is 16.6 Å². The summed E-state index contributed by atoms with van der Waals surface area (Å²) >= 11 is 0. The van der Waals surface area contributed by atoms with Crippen LogP contribution in [0.15, 0.2) is 77.6 Å². The molecule has 1 atom stereocenters. The average molecular weight is 456 g/mol. The molecule has 0 fully saturated rings. The maximum atomic E-state index is 13.7. The normalized spacial score (nSPS) is 11.9. The number of methoxy groups -OCH3 is 1. The van der Waals surface area contributed by atoms with Gasteiger partial charge >= 0.3 is 0 Å². The molecule has 174 valence electrons. The van der Waals surface area contributed by atoms with Gasteiger partial charge in [-0.25, -0.2) is 4.98 Å². The first kappa shape index (κ1) is 23.2. The Morgan fingerprint density at radius 3 is 2.50 bits per heavy atom. The van der Waals surface area contributed by atoms with Crippen LogP contribution in [0, 0.1) is 6.92 Å². The minimum absolute atomic E-state index is 0.0125. The van der Waals surface area contributed by atoms with Gasteiger partial charge < -0.3 is 9.64 Å². The zero-order chi connectivity index (χ0) is 24.2. The van der Waals surface area contributed by atoms with E-state index in [4.69, 9.17) is 9.72 Å². The molecule has 4 rings (SSSR count). The van der Waals surface area contributed by atoms with E-state index in [0.29, 0.717) is 41.0 Å². The molecule has 34 heavy (non-hydrogen) atoms. The molecule has 0 radical (unpaired) electrons. The summed E-state index contributed by atoms with van der Waals surface area (Å²) in [5, 5.41) is 0.514. The van der Waals surface area contributed by atoms with E-state index in [9.17, 15) is 9.59 Å². The van der Waals surface area contributed by atoms with E-state index in [0.717, 1.165) is 11.1 Å². The van der Waals surface area contributed by atoms with E-state index in [1.54, 1.807) is 29.7 Å². The van der Waals surface area contributed by atoms with Crippen LogP contribution >= 0.6 is 0 Å². The fourth-order valence-electron chi connectivity index (χ4n) is 4.10. The third-order valence-corrected chi connectivity index (χ3v) is 6.20. The zero-order valence-electron chi connectivity index (χ0n) is 20.0. The number of benzene rings is 3. The Morgan fingerprint density at radius 1 is 1.06 bits per heavy atom. The average Bonchev–Trinajstić information content (AvgIpc) is 2.87. The lowest BCUT2D eigenvalue weighted by Crippen LogP contribution is -2.35. The molecule has 0 saturated carbocycles. The first-order valence-corrected chi connectivity index (χ1v) is 11.4. The number of para-hydroxylation sites is 1. The summed E-state index contributed by atoms with van der Waals surface area (Å²) in [6, 6.07) is 22.5. The third-order valence-electron chi connectivity index (χ3n) is 6.20. The molecule has 4 aromatic rings. The van der Waals surface area contributed by atoms with Crippen molar-refractivity contribution in [3.8, 4) is 11.4 Å². The van der Waals surface area contributed by atoms with Crippen LogP contribution in [0.2, 0.25) is 0 Å². The van der Waals surface area contributed by atoms with Crippen molar-refractivity contribution in [2.24, 2.45) is 0 Å². The highest BCUT2D eigenvalue weighted by atomic mass is 16.5. The highest BCUT2D eigenvalue weighted by Gasteiger charge is 2.25. The minimum Gasteiger partial charge on any atom is -0.495 e. The van der Waals surface area contributed by atoms with Crippen LogP contribution in [0.5, 0.6) is 5.75 Å². The predicted molar refractivity (Wildman–Crippen MR) is 135 cm³/mol. The molecular formula is C28H29N3O3. The van der Waals surface area contributed by atoms with Crippen LogP contribution in [-0.4, -0.2) is 34.5 Å². The maximum absolute atomic E-state index is 13.7. The molecule has 0 spiro atoms. The van der Waals surface area contributed by atoms with Crippen LogP contribution in [0.1, 0.15) is 36.3 Å². The van der Waals surface area contributed by atoms with Gasteiger partial charge in [-0.1, -0.05) is 48.5 Å². The van der Waals surface area contributed by atoms with Gasteiger partial charge in [0.2, 0.25) is 5.91 Å². The Balaban J connectivity index is 1.78. The molecule has 1 amide bonds. The highest BCUT2D eigenvalue weighted by Crippen LogP contribution is 2.28. The van der Waals surface area contributed by atoms with E-state index in [1.807, 2.05) is 80.6 Å². The molecule has 1 unspecified atom stereocenters. The number of ether oxygens (including phenoxy) is 1. The van der Waals surface area contributed by atoms with Gasteiger partial charge in [0, 0.05) is 13.5 Å². The smallest absolute Gasteiger partial charge is 0.266 e. The first-order chi connectivity index (χ1) is 16.4. The van der Waals surface area contributed by atoms with Crippen molar-refractivity contribution in [3.05, 3.63) is 100 Å². The van der Waals surface area contributed by atoms with Crippen molar-refractivity contribution in [1.29, 1.82) is 0 Å². The van der Waals surface area contributed by atoms with Gasteiger partial charge in [-0.15, -0.1) is 0 Å². The molecule has 1 heterocycles. The topological polar surface area (TPSA) is 64.4 Å². The van der Waals surface area contributed by atoms with Crippen molar-refractivity contribution in [3.63, 3.8) is 0 Å².